The van der Waals surface area contributed by atoms with E-state index in [0.717, 1.165) is 40.7 Å². The summed E-state index contributed by atoms with van der Waals surface area (Å²) in [5.41, 5.74) is 6.06. The summed E-state index contributed by atoms with van der Waals surface area (Å²) in [5, 5.41) is 21.6. The fraction of sp³-hybridized carbons (Fsp3) is 0.520. The van der Waals surface area contributed by atoms with E-state index in [9.17, 15) is 10.2 Å². The topological polar surface area (TPSA) is 40.5 Å². The molecule has 2 aromatic rings. The van der Waals surface area contributed by atoms with Crippen molar-refractivity contribution >= 4 is 0 Å². The third-order valence-corrected chi connectivity index (χ3v) is 5.30. The molecule has 2 N–H and O–H groups in total. The van der Waals surface area contributed by atoms with Crippen LogP contribution in [0.3, 0.4) is 0 Å². The standard InChI is InChI=1S/C25H36O2/c1-9-16-11-19(23(27)20(14-16)24(3,4)5)13-17-12-18(10-2)22(26)21(15-17)25(6,7)8/h11-12,14-15,26-27H,9-10,13H2,1-8H3. The van der Waals surface area contributed by atoms with Crippen molar-refractivity contribution in [2.45, 2.75) is 85.5 Å². The molecule has 0 heterocycles. The summed E-state index contributed by atoms with van der Waals surface area (Å²) < 4.78 is 0. The fourth-order valence-corrected chi connectivity index (χ4v) is 3.59. The van der Waals surface area contributed by atoms with Crippen LogP contribution in [0.25, 0.3) is 0 Å². The first kappa shape index (κ1) is 21.3. The number of phenols is 2. The molecule has 0 aliphatic heterocycles. The second-order valence-corrected chi connectivity index (χ2v) is 9.69. The van der Waals surface area contributed by atoms with Crippen LogP contribution >= 0.6 is 0 Å². The van der Waals surface area contributed by atoms with Gasteiger partial charge in [-0.1, -0.05) is 79.7 Å². The zero-order chi connectivity index (χ0) is 20.6. The molecule has 0 aliphatic rings. The van der Waals surface area contributed by atoms with E-state index >= 15 is 0 Å². The molecule has 0 bridgehead atoms. The van der Waals surface area contributed by atoms with E-state index < -0.39 is 0 Å². The Balaban J connectivity index is 2.60. The maximum absolute atomic E-state index is 11.0. The van der Waals surface area contributed by atoms with Crippen molar-refractivity contribution in [2.24, 2.45) is 0 Å². The van der Waals surface area contributed by atoms with Gasteiger partial charge in [-0.05, 0) is 57.1 Å². The molecule has 2 heteroatoms. The molecule has 27 heavy (non-hydrogen) atoms. The lowest BCUT2D eigenvalue weighted by atomic mass is 9.81. The monoisotopic (exact) mass is 368 g/mol. The van der Waals surface area contributed by atoms with Gasteiger partial charge in [-0.3, -0.25) is 0 Å². The van der Waals surface area contributed by atoms with E-state index in [1.54, 1.807) is 0 Å². The summed E-state index contributed by atoms with van der Waals surface area (Å²) >= 11 is 0. The van der Waals surface area contributed by atoms with Crippen molar-refractivity contribution in [2.75, 3.05) is 0 Å². The Bertz CT molecular complexity index is 818. The lowest BCUT2D eigenvalue weighted by Gasteiger charge is -2.25. The highest BCUT2D eigenvalue weighted by atomic mass is 16.3. The summed E-state index contributed by atoms with van der Waals surface area (Å²) in [5.74, 6) is 0.818. The third kappa shape index (κ3) is 4.66. The van der Waals surface area contributed by atoms with Crippen LogP contribution in [-0.4, -0.2) is 10.2 Å². The average molecular weight is 369 g/mol. The van der Waals surface area contributed by atoms with Gasteiger partial charge in [0.15, 0.2) is 0 Å². The van der Waals surface area contributed by atoms with E-state index in [1.165, 1.54) is 5.56 Å². The lowest BCUT2D eigenvalue weighted by Crippen LogP contribution is -2.14. The molecule has 0 aliphatic carbocycles. The molecule has 2 rings (SSSR count). The number of rotatable bonds is 4. The first-order valence-electron chi connectivity index (χ1n) is 10.1. The van der Waals surface area contributed by atoms with E-state index in [-0.39, 0.29) is 10.8 Å². The average Bonchev–Trinajstić information content (AvgIpc) is 2.55. The van der Waals surface area contributed by atoms with Crippen LogP contribution < -0.4 is 0 Å². The molecule has 0 unspecified atom stereocenters. The van der Waals surface area contributed by atoms with Gasteiger partial charge < -0.3 is 10.2 Å². The second kappa shape index (κ2) is 7.58. The largest absolute Gasteiger partial charge is 0.507 e. The summed E-state index contributed by atoms with van der Waals surface area (Å²) in [6.07, 6.45) is 2.40. The Hall–Kier alpha value is -1.96. The zero-order valence-electron chi connectivity index (χ0n) is 18.3. The minimum Gasteiger partial charge on any atom is -0.507 e. The Kier molecular flexibility index (Phi) is 5.99. The molecular formula is C25H36O2. The van der Waals surface area contributed by atoms with Crippen LogP contribution in [0.1, 0.15) is 88.8 Å². The minimum atomic E-state index is -0.131. The molecule has 0 saturated carbocycles. The molecule has 2 nitrogen and oxygen atoms in total. The van der Waals surface area contributed by atoms with Gasteiger partial charge >= 0.3 is 0 Å². The van der Waals surface area contributed by atoms with Gasteiger partial charge in [0.1, 0.15) is 11.5 Å². The Morgan fingerprint density at radius 2 is 1.07 bits per heavy atom. The molecule has 0 fully saturated rings. The van der Waals surface area contributed by atoms with Crippen LogP contribution in [0.2, 0.25) is 0 Å². The molecule has 0 radical (unpaired) electrons. The van der Waals surface area contributed by atoms with Crippen molar-refractivity contribution in [1.82, 2.24) is 0 Å². The van der Waals surface area contributed by atoms with Gasteiger partial charge in [0.25, 0.3) is 0 Å². The van der Waals surface area contributed by atoms with E-state index in [2.05, 4.69) is 79.7 Å². The summed E-state index contributed by atoms with van der Waals surface area (Å²) in [4.78, 5) is 0. The van der Waals surface area contributed by atoms with E-state index in [1.807, 2.05) is 0 Å². The molecule has 0 atom stereocenters. The Labute approximate surface area is 165 Å². The molecule has 0 saturated heterocycles. The summed E-state index contributed by atoms with van der Waals surface area (Å²) in [6, 6.07) is 8.44. The normalized spacial score (nSPS) is 12.4. The van der Waals surface area contributed by atoms with Crippen molar-refractivity contribution in [3.63, 3.8) is 0 Å². The zero-order valence-corrected chi connectivity index (χ0v) is 18.3. The molecule has 0 amide bonds. The van der Waals surface area contributed by atoms with E-state index in [0.29, 0.717) is 17.9 Å². The van der Waals surface area contributed by atoms with Crippen molar-refractivity contribution in [1.29, 1.82) is 0 Å². The van der Waals surface area contributed by atoms with Gasteiger partial charge in [0, 0.05) is 6.42 Å². The molecular weight excluding hydrogens is 332 g/mol. The minimum absolute atomic E-state index is 0.107. The van der Waals surface area contributed by atoms with Crippen molar-refractivity contribution < 1.29 is 10.2 Å². The lowest BCUT2D eigenvalue weighted by molar-refractivity contribution is 0.439. The molecule has 2 aromatic carbocycles. The maximum Gasteiger partial charge on any atom is 0.122 e. The van der Waals surface area contributed by atoms with Crippen molar-refractivity contribution in [3.05, 3.63) is 57.6 Å². The first-order chi connectivity index (χ1) is 12.4. The number of hydrogen-bond acceptors (Lipinski definition) is 2. The molecule has 148 valence electrons. The summed E-state index contributed by atoms with van der Waals surface area (Å²) in [7, 11) is 0. The highest BCUT2D eigenvalue weighted by Gasteiger charge is 2.23. The van der Waals surface area contributed by atoms with Crippen LogP contribution in [-0.2, 0) is 30.1 Å². The van der Waals surface area contributed by atoms with Crippen molar-refractivity contribution in [3.8, 4) is 11.5 Å². The fourth-order valence-electron chi connectivity index (χ4n) is 3.59. The number of aryl methyl sites for hydroxylation is 2. The summed E-state index contributed by atoms with van der Waals surface area (Å²) in [6.45, 7) is 17.0. The van der Waals surface area contributed by atoms with Gasteiger partial charge in [0.2, 0.25) is 0 Å². The second-order valence-electron chi connectivity index (χ2n) is 9.69. The Morgan fingerprint density at radius 1 is 0.630 bits per heavy atom. The SMILES string of the molecule is CCc1cc(Cc2cc(CC)c(O)c(C(C)(C)C)c2)c(O)c(C(C)(C)C)c1. The van der Waals surface area contributed by atoms with Gasteiger partial charge in [-0.2, -0.15) is 0 Å². The highest BCUT2D eigenvalue weighted by molar-refractivity contribution is 5.52. The third-order valence-electron chi connectivity index (χ3n) is 5.30. The molecule has 0 aromatic heterocycles. The van der Waals surface area contributed by atoms with Gasteiger partial charge in [-0.15, -0.1) is 0 Å². The van der Waals surface area contributed by atoms with Gasteiger partial charge in [-0.25, -0.2) is 0 Å². The molecule has 0 spiro atoms. The van der Waals surface area contributed by atoms with Crippen LogP contribution in [0.4, 0.5) is 0 Å². The predicted molar refractivity (Wildman–Crippen MR) is 115 cm³/mol. The number of phenolic OH excluding ortho intramolecular Hbond substituents is 2. The number of benzene rings is 2. The first-order valence-corrected chi connectivity index (χ1v) is 10.1. The van der Waals surface area contributed by atoms with Gasteiger partial charge in [0.05, 0.1) is 0 Å². The van der Waals surface area contributed by atoms with Crippen LogP contribution in [0, 0.1) is 0 Å². The number of hydrogen-bond donors (Lipinski definition) is 2. The number of aromatic hydroxyl groups is 2. The Morgan fingerprint density at radius 3 is 1.52 bits per heavy atom. The highest BCUT2D eigenvalue weighted by Crippen LogP contribution is 2.38. The smallest absolute Gasteiger partial charge is 0.122 e. The quantitative estimate of drug-likeness (QED) is 0.655. The van der Waals surface area contributed by atoms with Crippen LogP contribution in [0.5, 0.6) is 11.5 Å². The predicted octanol–water partition coefficient (Wildman–Crippen LogP) is 6.41. The van der Waals surface area contributed by atoms with E-state index in [4.69, 9.17) is 0 Å². The maximum atomic E-state index is 11.0. The van der Waals surface area contributed by atoms with Crippen LogP contribution in [0.15, 0.2) is 24.3 Å².